The molecule has 23 heavy (non-hydrogen) atoms. The maximum atomic E-state index is 5.43. The molecular weight excluding hydrogens is 302 g/mol. The maximum absolute atomic E-state index is 5.43. The lowest BCUT2D eigenvalue weighted by Gasteiger charge is -2.27. The highest BCUT2D eigenvalue weighted by Crippen LogP contribution is 2.35. The van der Waals surface area contributed by atoms with Gasteiger partial charge in [-0.3, -0.25) is 4.90 Å². The van der Waals surface area contributed by atoms with Gasteiger partial charge in [0.05, 0.1) is 18.5 Å². The molecule has 122 valence electrons. The molecule has 0 amide bonds. The molecule has 1 saturated heterocycles. The first kappa shape index (κ1) is 16.6. The van der Waals surface area contributed by atoms with Crippen molar-refractivity contribution in [3.8, 4) is 0 Å². The van der Waals surface area contributed by atoms with Gasteiger partial charge in [0.2, 0.25) is 0 Å². The zero-order chi connectivity index (χ0) is 15.9. The van der Waals surface area contributed by atoms with Gasteiger partial charge in [-0.2, -0.15) is 0 Å². The molecular formula is C20H25NOS. The van der Waals surface area contributed by atoms with E-state index in [-0.39, 0.29) is 0 Å². The smallest absolute Gasteiger partial charge is 0.0594 e. The van der Waals surface area contributed by atoms with Gasteiger partial charge in [0.15, 0.2) is 0 Å². The van der Waals surface area contributed by atoms with E-state index < -0.39 is 0 Å². The van der Waals surface area contributed by atoms with Crippen molar-refractivity contribution in [1.29, 1.82) is 0 Å². The third-order valence-electron chi connectivity index (χ3n) is 4.28. The first-order chi connectivity index (χ1) is 11.3. The number of morpholine rings is 1. The largest absolute Gasteiger partial charge is 0.379 e. The summed E-state index contributed by atoms with van der Waals surface area (Å²) in [5.74, 6) is 1.15. The van der Waals surface area contributed by atoms with Gasteiger partial charge in [-0.25, -0.2) is 0 Å². The third-order valence-corrected chi connectivity index (χ3v) is 5.57. The van der Waals surface area contributed by atoms with Crippen molar-refractivity contribution in [2.45, 2.75) is 12.2 Å². The molecule has 1 atom stereocenters. The van der Waals surface area contributed by atoms with Crippen LogP contribution in [0, 0.1) is 6.92 Å². The van der Waals surface area contributed by atoms with Crippen molar-refractivity contribution in [1.82, 2.24) is 4.90 Å². The van der Waals surface area contributed by atoms with Gasteiger partial charge >= 0.3 is 0 Å². The lowest BCUT2D eigenvalue weighted by atomic mass is 10.0. The highest BCUT2D eigenvalue weighted by atomic mass is 32.2. The van der Waals surface area contributed by atoms with Crippen LogP contribution in [0.25, 0.3) is 0 Å². The number of rotatable bonds is 6. The van der Waals surface area contributed by atoms with Crippen LogP contribution in [0.1, 0.15) is 21.9 Å². The predicted molar refractivity (Wildman–Crippen MR) is 99.2 cm³/mol. The normalized spacial score (nSPS) is 17.1. The zero-order valence-electron chi connectivity index (χ0n) is 13.8. The summed E-state index contributed by atoms with van der Waals surface area (Å²) in [6.07, 6.45) is 0. The van der Waals surface area contributed by atoms with Crippen LogP contribution in [0.15, 0.2) is 54.6 Å². The van der Waals surface area contributed by atoms with Crippen molar-refractivity contribution in [3.05, 3.63) is 71.3 Å². The average molecular weight is 327 g/mol. The second-order valence-electron chi connectivity index (χ2n) is 6.03. The van der Waals surface area contributed by atoms with E-state index in [2.05, 4.69) is 66.4 Å². The lowest BCUT2D eigenvalue weighted by Crippen LogP contribution is -2.37. The van der Waals surface area contributed by atoms with Gasteiger partial charge in [0.25, 0.3) is 0 Å². The van der Waals surface area contributed by atoms with Gasteiger partial charge in [-0.1, -0.05) is 60.2 Å². The SMILES string of the molecule is Cc1ccc(C(SCCN2CCOCC2)c2ccccc2)cc1. The van der Waals surface area contributed by atoms with Crippen LogP contribution in [0.2, 0.25) is 0 Å². The Labute approximate surface area is 143 Å². The van der Waals surface area contributed by atoms with E-state index in [1.807, 2.05) is 11.8 Å². The molecule has 1 heterocycles. The van der Waals surface area contributed by atoms with Gasteiger partial charge in [-0.15, -0.1) is 11.8 Å². The van der Waals surface area contributed by atoms with Crippen LogP contribution in [-0.4, -0.2) is 43.5 Å². The maximum Gasteiger partial charge on any atom is 0.0594 e. The molecule has 0 saturated carbocycles. The Bertz CT molecular complexity index is 578. The monoisotopic (exact) mass is 327 g/mol. The Morgan fingerprint density at radius 1 is 0.957 bits per heavy atom. The second-order valence-corrected chi connectivity index (χ2v) is 7.24. The van der Waals surface area contributed by atoms with E-state index >= 15 is 0 Å². The Kier molecular flexibility index (Phi) is 6.14. The second kappa shape index (κ2) is 8.53. The summed E-state index contributed by atoms with van der Waals surface area (Å²) < 4.78 is 5.43. The molecule has 3 rings (SSSR count). The van der Waals surface area contributed by atoms with E-state index in [9.17, 15) is 0 Å². The summed E-state index contributed by atoms with van der Waals surface area (Å²) in [5.41, 5.74) is 4.11. The molecule has 2 aromatic rings. The van der Waals surface area contributed by atoms with Gasteiger partial charge in [-0.05, 0) is 18.1 Å². The van der Waals surface area contributed by atoms with Gasteiger partial charge in [0, 0.05) is 25.4 Å². The molecule has 1 aliphatic heterocycles. The number of hydrogen-bond donors (Lipinski definition) is 0. The topological polar surface area (TPSA) is 12.5 Å². The molecule has 0 aromatic heterocycles. The van der Waals surface area contributed by atoms with Crippen molar-refractivity contribution in [3.63, 3.8) is 0 Å². The number of nitrogens with zero attached hydrogens (tertiary/aromatic N) is 1. The van der Waals surface area contributed by atoms with Crippen molar-refractivity contribution < 1.29 is 4.74 Å². The first-order valence-corrected chi connectivity index (χ1v) is 9.41. The summed E-state index contributed by atoms with van der Waals surface area (Å²) in [6, 6.07) is 19.8. The van der Waals surface area contributed by atoms with Crippen LogP contribution >= 0.6 is 11.8 Å². The number of ether oxygens (including phenoxy) is 1. The lowest BCUT2D eigenvalue weighted by molar-refractivity contribution is 0.0410. The molecule has 1 aliphatic rings. The summed E-state index contributed by atoms with van der Waals surface area (Å²) in [6.45, 7) is 7.19. The molecule has 2 nitrogen and oxygen atoms in total. The Morgan fingerprint density at radius 3 is 2.30 bits per heavy atom. The fraction of sp³-hybridized carbons (Fsp3) is 0.400. The molecule has 2 aromatic carbocycles. The van der Waals surface area contributed by atoms with Crippen LogP contribution in [-0.2, 0) is 4.74 Å². The van der Waals surface area contributed by atoms with Crippen molar-refractivity contribution in [2.75, 3.05) is 38.6 Å². The first-order valence-electron chi connectivity index (χ1n) is 8.36. The highest BCUT2D eigenvalue weighted by molar-refractivity contribution is 7.99. The quantitative estimate of drug-likeness (QED) is 0.791. The van der Waals surface area contributed by atoms with E-state index in [4.69, 9.17) is 4.74 Å². The molecule has 0 bridgehead atoms. The molecule has 0 spiro atoms. The van der Waals surface area contributed by atoms with E-state index in [1.54, 1.807) is 0 Å². The Hall–Kier alpha value is -1.29. The highest BCUT2D eigenvalue weighted by Gasteiger charge is 2.16. The van der Waals surface area contributed by atoms with Crippen molar-refractivity contribution >= 4 is 11.8 Å². The van der Waals surface area contributed by atoms with Crippen LogP contribution in [0.3, 0.4) is 0 Å². The summed E-state index contributed by atoms with van der Waals surface area (Å²) in [4.78, 5) is 2.51. The fourth-order valence-electron chi connectivity index (χ4n) is 2.88. The average Bonchev–Trinajstić information content (AvgIpc) is 2.61. The van der Waals surface area contributed by atoms with Crippen molar-refractivity contribution in [2.24, 2.45) is 0 Å². The van der Waals surface area contributed by atoms with Gasteiger partial charge in [0.1, 0.15) is 0 Å². The number of aryl methyl sites for hydroxylation is 1. The van der Waals surface area contributed by atoms with E-state index in [0.29, 0.717) is 5.25 Å². The van der Waals surface area contributed by atoms with Crippen LogP contribution in [0.4, 0.5) is 0 Å². The predicted octanol–water partition coefficient (Wildman–Crippen LogP) is 4.15. The molecule has 0 aliphatic carbocycles. The Balaban J connectivity index is 1.66. The van der Waals surface area contributed by atoms with E-state index in [1.165, 1.54) is 16.7 Å². The zero-order valence-corrected chi connectivity index (χ0v) is 14.6. The molecule has 1 unspecified atom stereocenters. The number of hydrogen-bond acceptors (Lipinski definition) is 3. The third kappa shape index (κ3) is 4.84. The number of thioether (sulfide) groups is 1. The fourth-order valence-corrected chi connectivity index (χ4v) is 4.18. The minimum absolute atomic E-state index is 0.415. The molecule has 0 radical (unpaired) electrons. The van der Waals surface area contributed by atoms with E-state index in [0.717, 1.165) is 38.6 Å². The van der Waals surface area contributed by atoms with Crippen LogP contribution in [0.5, 0.6) is 0 Å². The molecule has 1 fully saturated rings. The molecule has 3 heteroatoms. The number of benzene rings is 2. The summed E-state index contributed by atoms with van der Waals surface area (Å²) in [7, 11) is 0. The van der Waals surface area contributed by atoms with Crippen LogP contribution < -0.4 is 0 Å². The summed E-state index contributed by atoms with van der Waals surface area (Å²) >= 11 is 2.04. The summed E-state index contributed by atoms with van der Waals surface area (Å²) in [5, 5.41) is 0.415. The minimum Gasteiger partial charge on any atom is -0.379 e. The molecule has 0 N–H and O–H groups in total. The standard InChI is InChI=1S/C20H25NOS/c1-17-7-9-19(10-8-17)20(18-5-3-2-4-6-18)23-16-13-21-11-14-22-15-12-21/h2-10,20H,11-16H2,1H3. The van der Waals surface area contributed by atoms with Gasteiger partial charge < -0.3 is 4.74 Å². The Morgan fingerprint density at radius 2 is 1.61 bits per heavy atom. The minimum atomic E-state index is 0.415.